The first kappa shape index (κ1) is 17.0. The van der Waals surface area contributed by atoms with Crippen LogP contribution in [0.5, 0.6) is 0 Å². The van der Waals surface area contributed by atoms with Crippen LogP contribution < -0.4 is 5.73 Å². The zero-order valence-electron chi connectivity index (χ0n) is 15.0. The number of hydrogen-bond donors (Lipinski definition) is 2. The molecule has 0 bridgehead atoms. The van der Waals surface area contributed by atoms with Gasteiger partial charge in [0.2, 0.25) is 0 Å². The van der Waals surface area contributed by atoms with Crippen LogP contribution in [-0.2, 0) is 0 Å². The molecule has 1 saturated heterocycles. The van der Waals surface area contributed by atoms with Crippen molar-refractivity contribution in [2.75, 3.05) is 19.6 Å². The van der Waals surface area contributed by atoms with Crippen LogP contribution in [-0.4, -0.2) is 41.3 Å². The second-order valence-electron chi connectivity index (χ2n) is 8.13. The van der Waals surface area contributed by atoms with Gasteiger partial charge in [0, 0.05) is 25.0 Å². The van der Waals surface area contributed by atoms with Gasteiger partial charge in [-0.3, -0.25) is 0 Å². The van der Waals surface area contributed by atoms with Crippen LogP contribution in [0.15, 0.2) is 42.5 Å². The third kappa shape index (κ3) is 3.59. The largest absolute Gasteiger partial charge is 0.389 e. The van der Waals surface area contributed by atoms with E-state index in [0.29, 0.717) is 6.04 Å². The molecule has 2 aromatic rings. The van der Waals surface area contributed by atoms with Gasteiger partial charge >= 0.3 is 0 Å². The molecule has 4 rings (SSSR count). The van der Waals surface area contributed by atoms with Crippen molar-refractivity contribution < 1.29 is 5.11 Å². The summed E-state index contributed by atoms with van der Waals surface area (Å²) in [5, 5.41) is 14.1. The van der Waals surface area contributed by atoms with Crippen molar-refractivity contribution in [2.45, 2.75) is 56.1 Å². The fourth-order valence-corrected chi connectivity index (χ4v) is 4.81. The maximum absolute atomic E-state index is 11.5. The third-order valence-electron chi connectivity index (χ3n) is 6.29. The Morgan fingerprint density at radius 2 is 1.84 bits per heavy atom. The molecule has 25 heavy (non-hydrogen) atoms. The molecule has 1 heterocycles. The minimum atomic E-state index is -0.576. The van der Waals surface area contributed by atoms with E-state index in [9.17, 15) is 5.11 Å². The van der Waals surface area contributed by atoms with E-state index in [0.717, 1.165) is 51.7 Å². The first-order valence-corrected chi connectivity index (χ1v) is 9.83. The van der Waals surface area contributed by atoms with E-state index in [1.54, 1.807) is 0 Å². The molecule has 1 saturated carbocycles. The number of nitrogens with zero attached hydrogens (tertiary/aromatic N) is 1. The number of fused-ring (bicyclic) bond motifs is 1. The zero-order valence-corrected chi connectivity index (χ0v) is 15.0. The second-order valence-corrected chi connectivity index (χ2v) is 8.13. The highest BCUT2D eigenvalue weighted by molar-refractivity contribution is 5.83. The Morgan fingerprint density at radius 1 is 1.08 bits per heavy atom. The van der Waals surface area contributed by atoms with Gasteiger partial charge in [-0.15, -0.1) is 0 Å². The molecule has 1 aliphatic heterocycles. The van der Waals surface area contributed by atoms with Crippen molar-refractivity contribution in [3.8, 4) is 0 Å². The van der Waals surface area contributed by atoms with E-state index < -0.39 is 5.60 Å². The van der Waals surface area contributed by atoms with E-state index >= 15 is 0 Å². The van der Waals surface area contributed by atoms with Gasteiger partial charge in [-0.2, -0.15) is 0 Å². The summed E-state index contributed by atoms with van der Waals surface area (Å²) >= 11 is 0. The average Bonchev–Trinajstić information content (AvgIpc) is 3.05. The highest BCUT2D eigenvalue weighted by Gasteiger charge is 2.40. The molecule has 0 amide bonds. The molecular formula is C22H30N2O. The summed E-state index contributed by atoms with van der Waals surface area (Å²) in [5.41, 5.74) is 6.83. The standard InChI is InChI=1S/C22H30N2O/c23-20-10-13-24(15-20)16-21(22(25)11-4-1-5-12-22)19-9-8-17-6-2-3-7-18(17)14-19/h2-3,6-9,14,20-21,25H,1,4-5,10-13,15-16,23H2/t20-,21?/m0/s1. The number of nitrogens with two attached hydrogens (primary N) is 1. The molecule has 0 radical (unpaired) electrons. The SMILES string of the molecule is N[C@H]1CCN(CC(c2ccc3ccccc3c2)C2(O)CCCCC2)C1. The molecule has 2 aliphatic rings. The predicted octanol–water partition coefficient (Wildman–Crippen LogP) is 3.65. The Kier molecular flexibility index (Phi) is 4.81. The number of benzene rings is 2. The summed E-state index contributed by atoms with van der Waals surface area (Å²) in [6, 6.07) is 15.5. The van der Waals surface area contributed by atoms with Crippen molar-refractivity contribution >= 4 is 10.8 Å². The minimum Gasteiger partial charge on any atom is -0.389 e. The van der Waals surface area contributed by atoms with Gasteiger partial charge in [-0.05, 0) is 42.1 Å². The maximum Gasteiger partial charge on any atom is 0.0728 e. The topological polar surface area (TPSA) is 49.5 Å². The quantitative estimate of drug-likeness (QED) is 0.894. The molecule has 3 nitrogen and oxygen atoms in total. The lowest BCUT2D eigenvalue weighted by Gasteiger charge is -2.41. The van der Waals surface area contributed by atoms with E-state index in [1.807, 2.05) is 0 Å². The molecule has 1 aliphatic carbocycles. The summed E-state index contributed by atoms with van der Waals surface area (Å²) in [4.78, 5) is 2.46. The fourth-order valence-electron chi connectivity index (χ4n) is 4.81. The normalized spacial score (nSPS) is 25.3. The molecule has 2 atom stereocenters. The second kappa shape index (κ2) is 7.06. The summed E-state index contributed by atoms with van der Waals surface area (Å²) in [7, 11) is 0. The monoisotopic (exact) mass is 338 g/mol. The van der Waals surface area contributed by atoms with Crippen LogP contribution in [0.4, 0.5) is 0 Å². The molecule has 3 N–H and O–H groups in total. The molecule has 2 aromatic carbocycles. The first-order chi connectivity index (χ1) is 12.1. The molecule has 134 valence electrons. The van der Waals surface area contributed by atoms with Crippen molar-refractivity contribution in [2.24, 2.45) is 5.73 Å². The number of rotatable bonds is 4. The Morgan fingerprint density at radius 3 is 2.56 bits per heavy atom. The number of likely N-dealkylation sites (tertiary alicyclic amines) is 1. The predicted molar refractivity (Wildman–Crippen MR) is 104 cm³/mol. The lowest BCUT2D eigenvalue weighted by molar-refractivity contribution is -0.0294. The van der Waals surface area contributed by atoms with E-state index in [-0.39, 0.29) is 5.92 Å². The molecule has 0 aromatic heterocycles. The summed E-state index contributed by atoms with van der Waals surface area (Å²) in [6.07, 6.45) is 6.44. The van der Waals surface area contributed by atoms with Gasteiger partial charge in [-0.25, -0.2) is 0 Å². The molecule has 1 unspecified atom stereocenters. The molecular weight excluding hydrogens is 308 g/mol. The van der Waals surface area contributed by atoms with Gasteiger partial charge in [-0.1, -0.05) is 61.7 Å². The van der Waals surface area contributed by atoms with Crippen LogP contribution in [0, 0.1) is 0 Å². The van der Waals surface area contributed by atoms with Crippen molar-refractivity contribution in [3.63, 3.8) is 0 Å². The number of hydrogen-bond acceptors (Lipinski definition) is 3. The van der Waals surface area contributed by atoms with Crippen LogP contribution in [0.25, 0.3) is 10.8 Å². The highest BCUT2D eigenvalue weighted by atomic mass is 16.3. The zero-order chi connectivity index (χ0) is 17.3. The van der Waals surface area contributed by atoms with Gasteiger partial charge in [0.25, 0.3) is 0 Å². The minimum absolute atomic E-state index is 0.169. The maximum atomic E-state index is 11.5. The fraction of sp³-hybridized carbons (Fsp3) is 0.545. The van der Waals surface area contributed by atoms with Crippen LogP contribution in [0.2, 0.25) is 0 Å². The molecule has 3 heteroatoms. The Labute approximate surface area is 150 Å². The van der Waals surface area contributed by atoms with E-state index in [4.69, 9.17) is 5.73 Å². The first-order valence-electron chi connectivity index (χ1n) is 9.83. The molecule has 2 fully saturated rings. The van der Waals surface area contributed by atoms with E-state index in [2.05, 4.69) is 47.4 Å². The third-order valence-corrected chi connectivity index (χ3v) is 6.29. The van der Waals surface area contributed by atoms with Gasteiger partial charge in [0.1, 0.15) is 0 Å². The van der Waals surface area contributed by atoms with Crippen molar-refractivity contribution in [1.82, 2.24) is 4.90 Å². The van der Waals surface area contributed by atoms with Crippen LogP contribution in [0.3, 0.4) is 0 Å². The summed E-state index contributed by atoms with van der Waals surface area (Å²) < 4.78 is 0. The summed E-state index contributed by atoms with van der Waals surface area (Å²) in [6.45, 7) is 2.93. The summed E-state index contributed by atoms with van der Waals surface area (Å²) in [5.74, 6) is 0.169. The Balaban J connectivity index is 1.67. The average molecular weight is 338 g/mol. The van der Waals surface area contributed by atoms with Gasteiger partial charge < -0.3 is 15.7 Å². The highest BCUT2D eigenvalue weighted by Crippen LogP contribution is 2.41. The van der Waals surface area contributed by atoms with Crippen LogP contribution in [0.1, 0.15) is 50.0 Å². The lowest BCUT2D eigenvalue weighted by atomic mass is 9.72. The molecule has 0 spiro atoms. The van der Waals surface area contributed by atoms with E-state index in [1.165, 1.54) is 22.8 Å². The Bertz CT molecular complexity index is 723. The lowest BCUT2D eigenvalue weighted by Crippen LogP contribution is -2.44. The van der Waals surface area contributed by atoms with Crippen LogP contribution >= 0.6 is 0 Å². The number of aliphatic hydroxyl groups is 1. The Hall–Kier alpha value is -1.42. The van der Waals surface area contributed by atoms with Crippen molar-refractivity contribution in [1.29, 1.82) is 0 Å². The smallest absolute Gasteiger partial charge is 0.0728 e. The van der Waals surface area contributed by atoms with Crippen molar-refractivity contribution in [3.05, 3.63) is 48.0 Å². The van der Waals surface area contributed by atoms with Gasteiger partial charge in [0.05, 0.1) is 5.60 Å². The van der Waals surface area contributed by atoms with Gasteiger partial charge in [0.15, 0.2) is 0 Å².